The minimum atomic E-state index is -1.78. The standard InChI is InChI=1S/C15H18BNO6/c1-9(2)13-5-11(23-17-13)8-22-15-4-10(7-18)12(16(19)20)6-14(15)21-3/h4-7,9,19-20H,8H2,1-3H3. The van der Waals surface area contributed by atoms with Crippen molar-refractivity contribution < 1.29 is 28.8 Å². The van der Waals surface area contributed by atoms with Crippen molar-refractivity contribution in [1.82, 2.24) is 5.16 Å². The first-order valence-electron chi connectivity index (χ1n) is 7.07. The van der Waals surface area contributed by atoms with Crippen LogP contribution in [0.3, 0.4) is 0 Å². The van der Waals surface area contributed by atoms with Crippen molar-refractivity contribution in [2.24, 2.45) is 0 Å². The minimum absolute atomic E-state index is 0.0472. The number of rotatable bonds is 7. The highest BCUT2D eigenvalue weighted by Gasteiger charge is 2.20. The maximum absolute atomic E-state index is 11.1. The van der Waals surface area contributed by atoms with E-state index < -0.39 is 7.12 Å². The lowest BCUT2D eigenvalue weighted by molar-refractivity contribution is 0.112. The zero-order chi connectivity index (χ0) is 17.0. The van der Waals surface area contributed by atoms with Gasteiger partial charge in [0, 0.05) is 11.6 Å². The molecule has 0 aliphatic rings. The number of ether oxygens (including phenoxy) is 2. The molecule has 0 amide bonds. The fourth-order valence-electron chi connectivity index (χ4n) is 2.01. The highest BCUT2D eigenvalue weighted by Crippen LogP contribution is 2.28. The number of methoxy groups -OCH3 is 1. The van der Waals surface area contributed by atoms with Crippen molar-refractivity contribution in [3.05, 3.63) is 35.2 Å². The van der Waals surface area contributed by atoms with E-state index in [0.717, 1.165) is 5.69 Å². The van der Waals surface area contributed by atoms with Gasteiger partial charge in [0.05, 0.1) is 12.8 Å². The molecule has 0 saturated heterocycles. The molecule has 7 nitrogen and oxygen atoms in total. The lowest BCUT2D eigenvalue weighted by Gasteiger charge is -2.13. The van der Waals surface area contributed by atoms with Crippen LogP contribution >= 0.6 is 0 Å². The Labute approximate surface area is 134 Å². The molecule has 0 unspecified atom stereocenters. The third-order valence-electron chi connectivity index (χ3n) is 3.31. The second kappa shape index (κ2) is 7.30. The second-order valence-electron chi connectivity index (χ2n) is 5.28. The van der Waals surface area contributed by atoms with E-state index in [2.05, 4.69) is 5.16 Å². The first kappa shape index (κ1) is 17.0. The Morgan fingerprint density at radius 3 is 2.57 bits per heavy atom. The van der Waals surface area contributed by atoms with Gasteiger partial charge in [-0.05, 0) is 23.5 Å². The van der Waals surface area contributed by atoms with Gasteiger partial charge in [-0.3, -0.25) is 4.79 Å². The maximum atomic E-state index is 11.1. The summed E-state index contributed by atoms with van der Waals surface area (Å²) in [7, 11) is -0.359. The lowest BCUT2D eigenvalue weighted by atomic mass is 9.77. The van der Waals surface area contributed by atoms with E-state index in [0.29, 0.717) is 17.8 Å². The van der Waals surface area contributed by atoms with E-state index in [9.17, 15) is 14.8 Å². The molecule has 0 saturated carbocycles. The number of benzene rings is 1. The largest absolute Gasteiger partial charge is 0.493 e. The van der Waals surface area contributed by atoms with Crippen LogP contribution in [0.1, 0.15) is 41.6 Å². The Morgan fingerprint density at radius 2 is 2.04 bits per heavy atom. The van der Waals surface area contributed by atoms with Crippen molar-refractivity contribution in [2.45, 2.75) is 26.4 Å². The molecule has 2 N–H and O–H groups in total. The van der Waals surface area contributed by atoms with Crippen LogP contribution in [-0.2, 0) is 6.61 Å². The number of hydrogen-bond acceptors (Lipinski definition) is 7. The predicted molar refractivity (Wildman–Crippen MR) is 83.1 cm³/mol. The Balaban J connectivity index is 2.22. The SMILES string of the molecule is COc1cc(B(O)O)c(C=O)cc1OCc1cc(C(C)C)no1. The van der Waals surface area contributed by atoms with E-state index in [-0.39, 0.29) is 29.3 Å². The van der Waals surface area contributed by atoms with Gasteiger partial charge in [0.25, 0.3) is 0 Å². The summed E-state index contributed by atoms with van der Waals surface area (Å²) in [6.07, 6.45) is 0.520. The molecule has 0 aliphatic carbocycles. The summed E-state index contributed by atoms with van der Waals surface area (Å²) in [6.45, 7) is 4.11. The normalized spacial score (nSPS) is 10.7. The first-order valence-corrected chi connectivity index (χ1v) is 7.07. The van der Waals surface area contributed by atoms with E-state index in [1.54, 1.807) is 6.07 Å². The summed E-state index contributed by atoms with van der Waals surface area (Å²) in [5.74, 6) is 1.35. The van der Waals surface area contributed by atoms with Gasteiger partial charge >= 0.3 is 7.12 Å². The Hall–Kier alpha value is -2.32. The third kappa shape index (κ3) is 3.91. The molecule has 0 fully saturated rings. The summed E-state index contributed by atoms with van der Waals surface area (Å²) in [6, 6.07) is 4.54. The minimum Gasteiger partial charge on any atom is -0.493 e. The molecule has 0 aliphatic heterocycles. The van der Waals surface area contributed by atoms with Gasteiger partial charge in [0.2, 0.25) is 0 Å². The molecule has 8 heteroatoms. The van der Waals surface area contributed by atoms with Crippen molar-refractivity contribution in [1.29, 1.82) is 0 Å². The van der Waals surface area contributed by atoms with Crippen LogP contribution in [0, 0.1) is 0 Å². The van der Waals surface area contributed by atoms with Crippen molar-refractivity contribution in [3.8, 4) is 11.5 Å². The number of carbonyl (C=O) groups is 1. The smallest absolute Gasteiger partial charge is 0.489 e. The van der Waals surface area contributed by atoms with Gasteiger partial charge in [0.15, 0.2) is 17.3 Å². The van der Waals surface area contributed by atoms with Crippen molar-refractivity contribution in [2.75, 3.05) is 7.11 Å². The van der Waals surface area contributed by atoms with Crippen LogP contribution < -0.4 is 14.9 Å². The van der Waals surface area contributed by atoms with Crippen LogP contribution in [0.4, 0.5) is 0 Å². The van der Waals surface area contributed by atoms with Crippen molar-refractivity contribution in [3.63, 3.8) is 0 Å². The summed E-state index contributed by atoms with van der Waals surface area (Å²) >= 11 is 0. The second-order valence-corrected chi connectivity index (χ2v) is 5.28. The lowest BCUT2D eigenvalue weighted by Crippen LogP contribution is -2.33. The summed E-state index contributed by atoms with van der Waals surface area (Å²) < 4.78 is 15.9. The van der Waals surface area contributed by atoms with Gasteiger partial charge in [-0.15, -0.1) is 0 Å². The molecule has 23 heavy (non-hydrogen) atoms. The van der Waals surface area contributed by atoms with Gasteiger partial charge in [0.1, 0.15) is 12.9 Å². The number of hydrogen-bond donors (Lipinski definition) is 2. The third-order valence-corrected chi connectivity index (χ3v) is 3.31. The molecule has 0 atom stereocenters. The molecule has 0 spiro atoms. The summed E-state index contributed by atoms with van der Waals surface area (Å²) in [5, 5.41) is 22.5. The first-order chi connectivity index (χ1) is 11.0. The molecule has 0 bridgehead atoms. The number of aldehydes is 1. The molecule has 0 radical (unpaired) electrons. The molecule has 1 aromatic heterocycles. The number of nitrogens with zero attached hydrogens (tertiary/aromatic N) is 1. The summed E-state index contributed by atoms with van der Waals surface area (Å²) in [4.78, 5) is 11.1. The molecule has 2 aromatic rings. The van der Waals surface area contributed by atoms with E-state index in [4.69, 9.17) is 14.0 Å². The van der Waals surface area contributed by atoms with Crippen LogP contribution in [0.25, 0.3) is 0 Å². The zero-order valence-electron chi connectivity index (χ0n) is 13.1. The zero-order valence-corrected chi connectivity index (χ0v) is 13.1. The average Bonchev–Trinajstić information content (AvgIpc) is 3.01. The fourth-order valence-corrected chi connectivity index (χ4v) is 2.01. The number of aromatic nitrogens is 1. The molecular formula is C15H18BNO6. The number of carbonyl (C=O) groups excluding carboxylic acids is 1. The Kier molecular flexibility index (Phi) is 5.41. The van der Waals surface area contributed by atoms with Gasteiger partial charge in [-0.1, -0.05) is 19.0 Å². The maximum Gasteiger partial charge on any atom is 0.489 e. The molecule has 1 heterocycles. The van der Waals surface area contributed by atoms with Crippen LogP contribution in [0.15, 0.2) is 22.7 Å². The predicted octanol–water partition coefficient (Wildman–Crippen LogP) is 0.878. The van der Waals surface area contributed by atoms with E-state index in [1.165, 1.54) is 19.2 Å². The Bertz CT molecular complexity index is 683. The highest BCUT2D eigenvalue weighted by atomic mass is 16.5. The molecule has 1 aromatic carbocycles. The summed E-state index contributed by atoms with van der Waals surface area (Å²) in [5.41, 5.74) is 0.977. The van der Waals surface area contributed by atoms with Crippen LogP contribution in [0.5, 0.6) is 11.5 Å². The van der Waals surface area contributed by atoms with Gasteiger partial charge in [-0.25, -0.2) is 0 Å². The highest BCUT2D eigenvalue weighted by molar-refractivity contribution is 6.60. The average molecular weight is 319 g/mol. The monoisotopic (exact) mass is 319 g/mol. The van der Waals surface area contributed by atoms with Crippen LogP contribution in [0.2, 0.25) is 0 Å². The van der Waals surface area contributed by atoms with Gasteiger partial charge in [-0.2, -0.15) is 0 Å². The fraction of sp³-hybridized carbons (Fsp3) is 0.333. The molecular weight excluding hydrogens is 301 g/mol. The topological polar surface area (TPSA) is 102 Å². The van der Waals surface area contributed by atoms with Crippen molar-refractivity contribution >= 4 is 18.9 Å². The molecule has 122 valence electrons. The van der Waals surface area contributed by atoms with E-state index in [1.807, 2.05) is 13.8 Å². The molecule has 2 rings (SSSR count). The Morgan fingerprint density at radius 1 is 1.30 bits per heavy atom. The van der Waals surface area contributed by atoms with Gasteiger partial charge < -0.3 is 24.0 Å². The quantitative estimate of drug-likeness (QED) is 0.577. The van der Waals surface area contributed by atoms with Crippen LogP contribution in [-0.4, -0.2) is 35.7 Å². The van der Waals surface area contributed by atoms with E-state index >= 15 is 0 Å².